The lowest BCUT2D eigenvalue weighted by molar-refractivity contribution is -0.0153. The van der Waals surface area contributed by atoms with E-state index in [2.05, 4.69) is 12.1 Å². The minimum absolute atomic E-state index is 0.0419. The Hall–Kier alpha value is -2.24. The Balaban J connectivity index is 1.99. The Morgan fingerprint density at radius 3 is 2.32 bits per heavy atom. The zero-order chi connectivity index (χ0) is 17.7. The number of hydrogen-bond donors (Lipinski definition) is 1. The van der Waals surface area contributed by atoms with E-state index in [1.165, 1.54) is 11.1 Å². The third kappa shape index (κ3) is 2.38. The SMILES string of the molecule is COc1cc2c3c(c1)-c1cc(OC)c(OC)cc1CC3C(O)N(C)C2. The Morgan fingerprint density at radius 2 is 1.64 bits per heavy atom. The molecule has 1 aliphatic heterocycles. The zero-order valence-electron chi connectivity index (χ0n) is 15.0. The summed E-state index contributed by atoms with van der Waals surface area (Å²) in [5.74, 6) is 2.30. The fraction of sp³-hybridized carbons (Fsp3) is 0.400. The fourth-order valence-electron chi connectivity index (χ4n) is 4.20. The number of benzene rings is 2. The average Bonchev–Trinajstić information content (AvgIpc) is 2.64. The van der Waals surface area contributed by atoms with Crippen LogP contribution in [0.5, 0.6) is 17.2 Å². The summed E-state index contributed by atoms with van der Waals surface area (Å²) in [7, 11) is 6.93. The third-order valence-electron chi connectivity index (χ3n) is 5.42. The predicted molar refractivity (Wildman–Crippen MR) is 95.5 cm³/mol. The molecular weight excluding hydrogens is 318 g/mol. The van der Waals surface area contributed by atoms with Crippen LogP contribution in [0.1, 0.15) is 22.6 Å². The molecule has 0 saturated carbocycles. The second-order valence-corrected chi connectivity index (χ2v) is 6.75. The van der Waals surface area contributed by atoms with Gasteiger partial charge in [-0.3, -0.25) is 4.90 Å². The number of aliphatic hydroxyl groups is 1. The maximum atomic E-state index is 10.8. The van der Waals surface area contributed by atoms with Crippen molar-refractivity contribution in [3.05, 3.63) is 41.0 Å². The Morgan fingerprint density at radius 1 is 0.920 bits per heavy atom. The largest absolute Gasteiger partial charge is 0.497 e. The van der Waals surface area contributed by atoms with E-state index in [1.807, 2.05) is 24.1 Å². The first-order valence-corrected chi connectivity index (χ1v) is 8.41. The second kappa shape index (κ2) is 5.93. The molecule has 0 radical (unpaired) electrons. The summed E-state index contributed by atoms with van der Waals surface area (Å²) in [5.41, 5.74) is 5.84. The first-order valence-electron chi connectivity index (χ1n) is 8.41. The highest BCUT2D eigenvalue weighted by atomic mass is 16.5. The van der Waals surface area contributed by atoms with Gasteiger partial charge in [0.15, 0.2) is 11.5 Å². The van der Waals surface area contributed by atoms with Crippen LogP contribution in [0.3, 0.4) is 0 Å². The van der Waals surface area contributed by atoms with Gasteiger partial charge in [-0.1, -0.05) is 0 Å². The van der Waals surface area contributed by atoms with Gasteiger partial charge in [-0.05, 0) is 65.6 Å². The van der Waals surface area contributed by atoms with Gasteiger partial charge in [0, 0.05) is 12.5 Å². The number of rotatable bonds is 3. The molecule has 4 rings (SSSR count). The highest BCUT2D eigenvalue weighted by Crippen LogP contribution is 2.49. The zero-order valence-corrected chi connectivity index (χ0v) is 15.0. The van der Waals surface area contributed by atoms with Crippen molar-refractivity contribution in [1.82, 2.24) is 4.90 Å². The van der Waals surface area contributed by atoms with E-state index in [-0.39, 0.29) is 5.92 Å². The van der Waals surface area contributed by atoms with E-state index in [4.69, 9.17) is 14.2 Å². The molecule has 0 bridgehead atoms. The number of methoxy groups -OCH3 is 3. The molecule has 1 N–H and O–H groups in total. The first kappa shape index (κ1) is 16.2. The molecule has 2 unspecified atom stereocenters. The Bertz CT molecular complexity index is 833. The van der Waals surface area contributed by atoms with Crippen LogP contribution in [0.15, 0.2) is 24.3 Å². The molecule has 0 fully saturated rings. The van der Waals surface area contributed by atoms with E-state index < -0.39 is 6.23 Å². The Kier molecular flexibility index (Phi) is 3.85. The number of ether oxygens (including phenoxy) is 3. The van der Waals surface area contributed by atoms with Crippen LogP contribution in [0.4, 0.5) is 0 Å². The lowest BCUT2D eigenvalue weighted by Gasteiger charge is -2.41. The van der Waals surface area contributed by atoms with Gasteiger partial charge in [-0.25, -0.2) is 0 Å². The maximum absolute atomic E-state index is 10.8. The summed E-state index contributed by atoms with van der Waals surface area (Å²) in [6, 6.07) is 8.20. The van der Waals surface area contributed by atoms with E-state index in [0.717, 1.165) is 28.9 Å². The molecule has 132 valence electrons. The highest BCUT2D eigenvalue weighted by molar-refractivity contribution is 5.79. The molecule has 0 spiro atoms. The van der Waals surface area contributed by atoms with Gasteiger partial charge in [0.05, 0.1) is 21.3 Å². The van der Waals surface area contributed by atoms with Crippen molar-refractivity contribution in [3.8, 4) is 28.4 Å². The Labute approximate surface area is 147 Å². The van der Waals surface area contributed by atoms with Crippen LogP contribution in [-0.2, 0) is 13.0 Å². The van der Waals surface area contributed by atoms with Crippen LogP contribution in [-0.4, -0.2) is 44.6 Å². The summed E-state index contributed by atoms with van der Waals surface area (Å²) in [6.45, 7) is 0.708. The smallest absolute Gasteiger partial charge is 0.161 e. The number of likely N-dealkylation sites (N-methyl/N-ethyl adjacent to an activating group) is 1. The van der Waals surface area contributed by atoms with Crippen LogP contribution in [0.25, 0.3) is 11.1 Å². The third-order valence-corrected chi connectivity index (χ3v) is 5.42. The fourth-order valence-corrected chi connectivity index (χ4v) is 4.20. The molecular formula is C20H23NO4. The molecule has 2 aliphatic rings. The lowest BCUT2D eigenvalue weighted by atomic mass is 9.73. The molecule has 1 heterocycles. The summed E-state index contributed by atoms with van der Waals surface area (Å²) in [4.78, 5) is 1.99. The van der Waals surface area contributed by atoms with E-state index in [0.29, 0.717) is 18.0 Å². The van der Waals surface area contributed by atoms with E-state index >= 15 is 0 Å². The number of fused-ring (bicyclic) bond motifs is 2. The van der Waals surface area contributed by atoms with Crippen LogP contribution >= 0.6 is 0 Å². The molecule has 1 aliphatic carbocycles. The minimum atomic E-state index is -0.499. The number of hydrogen-bond acceptors (Lipinski definition) is 5. The van der Waals surface area contributed by atoms with Crippen molar-refractivity contribution >= 4 is 0 Å². The summed E-state index contributed by atoms with van der Waals surface area (Å²) in [5, 5.41) is 10.8. The van der Waals surface area contributed by atoms with Gasteiger partial charge in [0.1, 0.15) is 12.0 Å². The highest BCUT2D eigenvalue weighted by Gasteiger charge is 2.38. The van der Waals surface area contributed by atoms with Crippen LogP contribution in [0, 0.1) is 0 Å². The molecule has 0 saturated heterocycles. The van der Waals surface area contributed by atoms with Crippen molar-refractivity contribution in [2.24, 2.45) is 0 Å². The molecule has 2 aromatic carbocycles. The number of nitrogens with zero attached hydrogens (tertiary/aromatic N) is 1. The minimum Gasteiger partial charge on any atom is -0.497 e. The maximum Gasteiger partial charge on any atom is 0.161 e. The molecule has 2 atom stereocenters. The molecule has 5 nitrogen and oxygen atoms in total. The topological polar surface area (TPSA) is 51.2 Å². The van der Waals surface area contributed by atoms with Crippen LogP contribution in [0.2, 0.25) is 0 Å². The molecule has 5 heteroatoms. The summed E-state index contributed by atoms with van der Waals surface area (Å²) < 4.78 is 16.5. The van der Waals surface area contributed by atoms with E-state index in [9.17, 15) is 5.11 Å². The van der Waals surface area contributed by atoms with E-state index in [1.54, 1.807) is 21.3 Å². The molecule has 25 heavy (non-hydrogen) atoms. The van der Waals surface area contributed by atoms with Crippen molar-refractivity contribution in [3.63, 3.8) is 0 Å². The van der Waals surface area contributed by atoms with Gasteiger partial charge >= 0.3 is 0 Å². The van der Waals surface area contributed by atoms with Gasteiger partial charge in [0.2, 0.25) is 0 Å². The first-order chi connectivity index (χ1) is 12.1. The van der Waals surface area contributed by atoms with Crippen molar-refractivity contribution in [2.75, 3.05) is 28.4 Å². The standard InChI is InChI=1S/C20H23NO4/c1-21-10-12-5-13(23-2)8-15-14-9-18(25-4)17(24-3)7-11(14)6-16(19(12)15)20(21)22/h5,7-9,16,20,22H,6,10H2,1-4H3. The van der Waals surface area contributed by atoms with Crippen LogP contribution < -0.4 is 14.2 Å². The summed E-state index contributed by atoms with van der Waals surface area (Å²) in [6.07, 6.45) is 0.272. The number of aliphatic hydroxyl groups excluding tert-OH is 1. The van der Waals surface area contributed by atoms with Crippen molar-refractivity contribution in [2.45, 2.75) is 25.1 Å². The quantitative estimate of drug-likeness (QED) is 0.930. The predicted octanol–water partition coefficient (Wildman–Crippen LogP) is 2.78. The lowest BCUT2D eigenvalue weighted by Crippen LogP contribution is -2.42. The monoisotopic (exact) mass is 341 g/mol. The normalized spacial score (nSPS) is 21.3. The van der Waals surface area contributed by atoms with Gasteiger partial charge in [-0.15, -0.1) is 0 Å². The van der Waals surface area contributed by atoms with Gasteiger partial charge in [-0.2, -0.15) is 0 Å². The molecule has 0 aromatic heterocycles. The molecule has 2 aromatic rings. The average molecular weight is 341 g/mol. The summed E-state index contributed by atoms with van der Waals surface area (Å²) >= 11 is 0. The van der Waals surface area contributed by atoms with Crippen molar-refractivity contribution < 1.29 is 19.3 Å². The van der Waals surface area contributed by atoms with Gasteiger partial charge in [0.25, 0.3) is 0 Å². The van der Waals surface area contributed by atoms with Crippen molar-refractivity contribution in [1.29, 1.82) is 0 Å². The van der Waals surface area contributed by atoms with Gasteiger partial charge < -0.3 is 19.3 Å². The molecule has 0 amide bonds. The second-order valence-electron chi connectivity index (χ2n) is 6.75.